The summed E-state index contributed by atoms with van der Waals surface area (Å²) < 4.78 is 2.10. The predicted octanol–water partition coefficient (Wildman–Crippen LogP) is 3.33. The second kappa shape index (κ2) is 9.62. The van der Waals surface area contributed by atoms with E-state index in [4.69, 9.17) is 4.98 Å². The lowest BCUT2D eigenvalue weighted by molar-refractivity contribution is -0.133. The van der Waals surface area contributed by atoms with Crippen molar-refractivity contribution in [3.63, 3.8) is 0 Å². The van der Waals surface area contributed by atoms with Crippen molar-refractivity contribution in [1.82, 2.24) is 24.4 Å². The number of β-amino-alcohol motifs (C(OH)–C–C–N with tert-alkyl or cyclic N) is 1. The van der Waals surface area contributed by atoms with Crippen molar-refractivity contribution in [2.45, 2.75) is 37.7 Å². The Morgan fingerprint density at radius 1 is 1.17 bits per heavy atom. The molecule has 8 nitrogen and oxygen atoms in total. The molecule has 1 N–H and O–H groups in total. The van der Waals surface area contributed by atoms with Gasteiger partial charge in [0.2, 0.25) is 5.91 Å². The van der Waals surface area contributed by atoms with E-state index in [-0.39, 0.29) is 5.91 Å². The average Bonchev–Trinajstić information content (AvgIpc) is 3.18. The molecule has 1 aliphatic heterocycles. The van der Waals surface area contributed by atoms with Gasteiger partial charge in [-0.25, -0.2) is 4.98 Å². The molecule has 1 fully saturated rings. The van der Waals surface area contributed by atoms with Crippen LogP contribution in [0.3, 0.4) is 0 Å². The van der Waals surface area contributed by atoms with Crippen LogP contribution in [0.2, 0.25) is 0 Å². The van der Waals surface area contributed by atoms with Gasteiger partial charge >= 0.3 is 0 Å². The van der Waals surface area contributed by atoms with Crippen molar-refractivity contribution in [1.29, 1.82) is 0 Å². The molecule has 4 aromatic rings. The van der Waals surface area contributed by atoms with Crippen LogP contribution in [0.15, 0.2) is 55.0 Å². The highest BCUT2D eigenvalue weighted by atomic mass is 16.3. The number of para-hydroxylation sites is 2. The number of carbonyl (C=O) groups is 1. The number of aliphatic hydroxyl groups is 1. The topological polar surface area (TPSA) is 87.4 Å². The number of imidazole rings is 1. The summed E-state index contributed by atoms with van der Waals surface area (Å²) in [6, 6.07) is 11.9. The number of fused-ring (bicyclic) bond motifs is 2. The van der Waals surface area contributed by atoms with Gasteiger partial charge in [0.1, 0.15) is 5.82 Å². The second-order valence-corrected chi connectivity index (χ2v) is 9.65. The molecule has 1 saturated heterocycles. The third kappa shape index (κ3) is 4.84. The summed E-state index contributed by atoms with van der Waals surface area (Å²) in [5.74, 6) is 1.04. The number of aromatic nitrogens is 4. The van der Waals surface area contributed by atoms with E-state index in [0.717, 1.165) is 59.3 Å². The number of hydrogen-bond acceptors (Lipinski definition) is 6. The zero-order chi connectivity index (χ0) is 24.4. The monoisotopic (exact) mass is 472 g/mol. The number of nitrogens with zero attached hydrogens (tertiary/aromatic N) is 6. The zero-order valence-electron chi connectivity index (χ0n) is 20.4. The van der Waals surface area contributed by atoms with Crippen molar-refractivity contribution in [3.05, 3.63) is 60.8 Å². The number of rotatable bonds is 7. The van der Waals surface area contributed by atoms with Crippen LogP contribution in [0.5, 0.6) is 0 Å². The molecule has 1 aliphatic rings. The standard InChI is InChI=1S/C27H32N6O2/c1-31(26(34)10-5-9-25-30-22-7-3-4-8-24(22)32(25)2)18-27(35)13-6-16-33(19-27)23-12-15-29-21-11-14-28-17-20(21)23/h3-4,7-8,11-12,14-15,17,35H,5-6,9-10,13,16,18-19H2,1-2H3. The molecular formula is C27H32N6O2. The fourth-order valence-electron chi connectivity index (χ4n) is 5.24. The first-order valence-electron chi connectivity index (χ1n) is 12.2. The average molecular weight is 473 g/mol. The molecule has 1 aromatic carbocycles. The fraction of sp³-hybridized carbons (Fsp3) is 0.407. The largest absolute Gasteiger partial charge is 0.386 e. The molecule has 1 atom stereocenters. The maximum Gasteiger partial charge on any atom is 0.222 e. The first-order valence-corrected chi connectivity index (χ1v) is 12.2. The van der Waals surface area contributed by atoms with E-state index in [2.05, 4.69) is 25.5 Å². The van der Waals surface area contributed by atoms with Gasteiger partial charge in [-0.15, -0.1) is 0 Å². The molecule has 8 heteroatoms. The summed E-state index contributed by atoms with van der Waals surface area (Å²) >= 11 is 0. The molecule has 182 valence electrons. The van der Waals surface area contributed by atoms with Crippen LogP contribution < -0.4 is 4.90 Å². The summed E-state index contributed by atoms with van der Waals surface area (Å²) in [4.78, 5) is 30.2. The van der Waals surface area contributed by atoms with Gasteiger partial charge in [-0.05, 0) is 43.5 Å². The van der Waals surface area contributed by atoms with Gasteiger partial charge in [-0.1, -0.05) is 12.1 Å². The number of likely N-dealkylation sites (N-methyl/N-ethyl adjacent to an activating group) is 1. The summed E-state index contributed by atoms with van der Waals surface area (Å²) in [7, 11) is 3.81. The molecule has 0 bridgehead atoms. The van der Waals surface area contributed by atoms with Gasteiger partial charge < -0.3 is 19.5 Å². The van der Waals surface area contributed by atoms with Gasteiger partial charge in [0.25, 0.3) is 0 Å². The summed E-state index contributed by atoms with van der Waals surface area (Å²) in [5, 5.41) is 12.4. The number of anilines is 1. The van der Waals surface area contributed by atoms with Crippen molar-refractivity contribution in [2.24, 2.45) is 7.05 Å². The van der Waals surface area contributed by atoms with Crippen LogP contribution in [0.1, 0.15) is 31.5 Å². The molecule has 1 unspecified atom stereocenters. The van der Waals surface area contributed by atoms with Crippen molar-refractivity contribution >= 4 is 33.5 Å². The molecular weight excluding hydrogens is 440 g/mol. The second-order valence-electron chi connectivity index (χ2n) is 9.65. The van der Waals surface area contributed by atoms with Crippen LogP contribution >= 0.6 is 0 Å². The quantitative estimate of drug-likeness (QED) is 0.444. The lowest BCUT2D eigenvalue weighted by Crippen LogP contribution is -2.54. The van der Waals surface area contributed by atoms with Gasteiger partial charge in [-0.3, -0.25) is 14.8 Å². The van der Waals surface area contributed by atoms with Crippen molar-refractivity contribution in [2.75, 3.05) is 31.6 Å². The number of hydrogen-bond donors (Lipinski definition) is 1. The minimum atomic E-state index is -0.960. The Labute approximate surface area is 205 Å². The van der Waals surface area contributed by atoms with E-state index in [0.29, 0.717) is 25.9 Å². The molecule has 3 aromatic heterocycles. The van der Waals surface area contributed by atoms with Crippen molar-refractivity contribution < 1.29 is 9.90 Å². The lowest BCUT2D eigenvalue weighted by Gasteiger charge is -2.42. The van der Waals surface area contributed by atoms with E-state index in [9.17, 15) is 9.90 Å². The smallest absolute Gasteiger partial charge is 0.222 e. The SMILES string of the molecule is CN(CC1(O)CCCN(c2ccnc3ccncc23)C1)C(=O)CCCc1nc2ccccc2n1C. The van der Waals surface area contributed by atoms with Gasteiger partial charge in [-0.2, -0.15) is 0 Å². The Balaban J connectivity index is 1.19. The predicted molar refractivity (Wildman–Crippen MR) is 137 cm³/mol. The van der Waals surface area contributed by atoms with E-state index in [1.165, 1.54) is 0 Å². The first kappa shape index (κ1) is 23.2. The highest BCUT2D eigenvalue weighted by Crippen LogP contribution is 2.31. The number of piperidine rings is 1. The highest BCUT2D eigenvalue weighted by Gasteiger charge is 2.36. The van der Waals surface area contributed by atoms with E-state index in [1.807, 2.05) is 43.6 Å². The van der Waals surface area contributed by atoms with E-state index < -0.39 is 5.60 Å². The number of benzene rings is 1. The maximum absolute atomic E-state index is 12.9. The molecule has 4 heterocycles. The van der Waals surface area contributed by atoms with Crippen LogP contribution in [-0.2, 0) is 18.3 Å². The van der Waals surface area contributed by atoms with Gasteiger partial charge in [0, 0.05) is 69.7 Å². The van der Waals surface area contributed by atoms with E-state index in [1.54, 1.807) is 24.3 Å². The molecule has 0 radical (unpaired) electrons. The first-order chi connectivity index (χ1) is 16.9. The Bertz CT molecular complexity index is 1350. The summed E-state index contributed by atoms with van der Waals surface area (Å²) in [6.45, 7) is 1.64. The molecule has 0 aliphatic carbocycles. The van der Waals surface area contributed by atoms with Gasteiger partial charge in [0.05, 0.1) is 28.7 Å². The lowest BCUT2D eigenvalue weighted by atomic mass is 9.91. The van der Waals surface area contributed by atoms with Crippen molar-refractivity contribution in [3.8, 4) is 0 Å². The third-order valence-electron chi connectivity index (χ3n) is 7.04. The number of pyridine rings is 2. The molecule has 35 heavy (non-hydrogen) atoms. The molecule has 0 saturated carbocycles. The molecule has 0 spiro atoms. The zero-order valence-corrected chi connectivity index (χ0v) is 20.4. The molecule has 1 amide bonds. The third-order valence-corrected chi connectivity index (χ3v) is 7.04. The summed E-state index contributed by atoms with van der Waals surface area (Å²) in [6.07, 6.45) is 8.78. The maximum atomic E-state index is 12.9. The highest BCUT2D eigenvalue weighted by molar-refractivity contribution is 5.90. The minimum Gasteiger partial charge on any atom is -0.386 e. The fourth-order valence-corrected chi connectivity index (χ4v) is 5.24. The molecule has 5 rings (SSSR count). The number of aryl methyl sites for hydroxylation is 2. The number of amides is 1. The van der Waals surface area contributed by atoms with Crippen LogP contribution in [0.4, 0.5) is 5.69 Å². The normalized spacial score (nSPS) is 18.3. The Morgan fingerprint density at radius 2 is 2.03 bits per heavy atom. The summed E-state index contributed by atoms with van der Waals surface area (Å²) in [5.41, 5.74) is 3.04. The van der Waals surface area contributed by atoms with Crippen LogP contribution in [0.25, 0.3) is 21.9 Å². The van der Waals surface area contributed by atoms with Crippen LogP contribution in [0, 0.1) is 0 Å². The van der Waals surface area contributed by atoms with Crippen LogP contribution in [-0.4, -0.2) is 67.7 Å². The van der Waals surface area contributed by atoms with Gasteiger partial charge in [0.15, 0.2) is 0 Å². The number of carbonyl (C=O) groups excluding carboxylic acids is 1. The minimum absolute atomic E-state index is 0.0490. The Kier molecular flexibility index (Phi) is 6.38. The Hall–Kier alpha value is -3.52. The van der Waals surface area contributed by atoms with E-state index >= 15 is 0 Å². The Morgan fingerprint density at radius 3 is 2.89 bits per heavy atom.